The average Bonchev–Trinajstić information content (AvgIpc) is 3.03. The van der Waals surface area contributed by atoms with Crippen LogP contribution in [0.2, 0.25) is 0 Å². The molecule has 96 valence electrons. The van der Waals surface area contributed by atoms with E-state index in [0.717, 1.165) is 13.0 Å². The fourth-order valence-corrected chi connectivity index (χ4v) is 2.07. The van der Waals surface area contributed by atoms with E-state index < -0.39 is 0 Å². The highest BCUT2D eigenvalue weighted by atomic mass is 35.5. The Labute approximate surface area is 103 Å². The van der Waals surface area contributed by atoms with Crippen molar-refractivity contribution in [3.8, 4) is 0 Å². The fraction of sp³-hybridized carbons (Fsp3) is 1.00. The van der Waals surface area contributed by atoms with Gasteiger partial charge in [0.05, 0.1) is 26.4 Å². The summed E-state index contributed by atoms with van der Waals surface area (Å²) in [5.74, 6) is 0. The van der Waals surface area contributed by atoms with Gasteiger partial charge in [-0.25, -0.2) is 0 Å². The first-order valence-electron chi connectivity index (χ1n) is 6.00. The molecule has 1 fully saturated rings. The monoisotopic (exact) mass is 250 g/mol. The van der Waals surface area contributed by atoms with Crippen molar-refractivity contribution in [2.75, 3.05) is 40.1 Å². The van der Waals surface area contributed by atoms with Gasteiger partial charge in [0.25, 0.3) is 0 Å². The van der Waals surface area contributed by atoms with E-state index in [-0.39, 0.29) is 5.38 Å². The molecule has 0 amide bonds. The van der Waals surface area contributed by atoms with Gasteiger partial charge in [0, 0.05) is 19.1 Å². The molecule has 0 N–H and O–H groups in total. The van der Waals surface area contributed by atoms with Crippen molar-refractivity contribution in [3.05, 3.63) is 0 Å². The predicted molar refractivity (Wildman–Crippen MR) is 65.1 cm³/mol. The van der Waals surface area contributed by atoms with Crippen LogP contribution in [0.25, 0.3) is 0 Å². The molecule has 3 nitrogen and oxygen atoms in total. The van der Waals surface area contributed by atoms with Gasteiger partial charge in [0.1, 0.15) is 0 Å². The van der Waals surface area contributed by atoms with E-state index in [9.17, 15) is 0 Å². The lowest BCUT2D eigenvalue weighted by atomic mass is 9.99. The SMILES string of the molecule is COCCOCCOCCC1(C(C)Cl)CC1. The third-order valence-corrected chi connectivity index (χ3v) is 3.75. The van der Waals surface area contributed by atoms with Crippen LogP contribution in [-0.4, -0.2) is 45.5 Å². The summed E-state index contributed by atoms with van der Waals surface area (Å²) >= 11 is 6.14. The maximum atomic E-state index is 6.14. The molecule has 0 saturated heterocycles. The lowest BCUT2D eigenvalue weighted by Gasteiger charge is -2.17. The van der Waals surface area contributed by atoms with Crippen molar-refractivity contribution < 1.29 is 14.2 Å². The lowest BCUT2D eigenvalue weighted by molar-refractivity contribution is 0.0210. The number of ether oxygens (including phenoxy) is 3. The Morgan fingerprint density at radius 2 is 1.62 bits per heavy atom. The predicted octanol–water partition coefficient (Wildman–Crippen LogP) is 2.46. The average molecular weight is 251 g/mol. The van der Waals surface area contributed by atoms with Gasteiger partial charge in [-0.15, -0.1) is 11.6 Å². The van der Waals surface area contributed by atoms with E-state index in [4.69, 9.17) is 25.8 Å². The Bertz CT molecular complexity index is 181. The van der Waals surface area contributed by atoms with Crippen molar-refractivity contribution in [1.82, 2.24) is 0 Å². The van der Waals surface area contributed by atoms with Crippen LogP contribution in [0, 0.1) is 5.41 Å². The van der Waals surface area contributed by atoms with Crippen molar-refractivity contribution in [1.29, 1.82) is 0 Å². The smallest absolute Gasteiger partial charge is 0.0701 e. The van der Waals surface area contributed by atoms with Crippen LogP contribution in [-0.2, 0) is 14.2 Å². The summed E-state index contributed by atoms with van der Waals surface area (Å²) in [6.45, 7) is 5.48. The molecule has 0 aromatic rings. The molecule has 0 spiro atoms. The standard InChI is InChI=1S/C12H23ClO3/c1-11(13)12(3-4-12)5-6-15-9-10-16-8-7-14-2/h11H,3-10H2,1-2H3. The van der Waals surface area contributed by atoms with Gasteiger partial charge in [-0.2, -0.15) is 0 Å². The third-order valence-electron chi connectivity index (χ3n) is 3.28. The first-order chi connectivity index (χ1) is 7.71. The molecule has 1 saturated carbocycles. The topological polar surface area (TPSA) is 27.7 Å². The van der Waals surface area contributed by atoms with Crippen molar-refractivity contribution >= 4 is 11.6 Å². The summed E-state index contributed by atoms with van der Waals surface area (Å²) < 4.78 is 15.7. The van der Waals surface area contributed by atoms with Gasteiger partial charge in [0.15, 0.2) is 0 Å². The Morgan fingerprint density at radius 1 is 1.06 bits per heavy atom. The zero-order valence-corrected chi connectivity index (χ0v) is 11.1. The zero-order chi connectivity index (χ0) is 11.9. The summed E-state index contributed by atoms with van der Waals surface area (Å²) in [5.41, 5.74) is 0.373. The Morgan fingerprint density at radius 3 is 2.12 bits per heavy atom. The van der Waals surface area contributed by atoms with E-state index >= 15 is 0 Å². The number of halogens is 1. The van der Waals surface area contributed by atoms with Gasteiger partial charge >= 0.3 is 0 Å². The van der Waals surface area contributed by atoms with Crippen LogP contribution >= 0.6 is 11.6 Å². The van der Waals surface area contributed by atoms with Gasteiger partial charge < -0.3 is 14.2 Å². The van der Waals surface area contributed by atoms with Crippen LogP contribution in [0.1, 0.15) is 26.2 Å². The van der Waals surface area contributed by atoms with Gasteiger partial charge in [-0.3, -0.25) is 0 Å². The Hall–Kier alpha value is 0.170. The second-order valence-electron chi connectivity index (χ2n) is 4.45. The lowest BCUT2D eigenvalue weighted by Crippen LogP contribution is -2.16. The molecule has 1 unspecified atom stereocenters. The summed E-state index contributed by atoms with van der Waals surface area (Å²) in [7, 11) is 1.67. The van der Waals surface area contributed by atoms with Crippen LogP contribution in [0.3, 0.4) is 0 Å². The van der Waals surface area contributed by atoms with Crippen LogP contribution in [0.4, 0.5) is 0 Å². The molecule has 0 heterocycles. The minimum Gasteiger partial charge on any atom is -0.382 e. The molecule has 0 bridgehead atoms. The molecule has 0 aromatic heterocycles. The first kappa shape index (κ1) is 14.2. The number of hydrogen-bond donors (Lipinski definition) is 0. The first-order valence-corrected chi connectivity index (χ1v) is 6.43. The molecule has 0 radical (unpaired) electrons. The van der Waals surface area contributed by atoms with Crippen LogP contribution in [0.15, 0.2) is 0 Å². The van der Waals surface area contributed by atoms with Crippen LogP contribution < -0.4 is 0 Å². The minimum atomic E-state index is 0.272. The van der Waals surface area contributed by atoms with E-state index in [0.29, 0.717) is 31.8 Å². The number of methoxy groups -OCH3 is 1. The largest absolute Gasteiger partial charge is 0.382 e. The fourth-order valence-electron chi connectivity index (χ4n) is 1.75. The Kier molecular flexibility index (Phi) is 6.66. The minimum absolute atomic E-state index is 0.272. The molecular weight excluding hydrogens is 228 g/mol. The molecule has 16 heavy (non-hydrogen) atoms. The molecule has 1 atom stereocenters. The van der Waals surface area contributed by atoms with Gasteiger partial charge in [0.2, 0.25) is 0 Å². The highest BCUT2D eigenvalue weighted by Gasteiger charge is 2.45. The number of alkyl halides is 1. The molecule has 0 aromatic carbocycles. The van der Waals surface area contributed by atoms with Gasteiger partial charge in [-0.1, -0.05) is 0 Å². The van der Waals surface area contributed by atoms with Crippen LogP contribution in [0.5, 0.6) is 0 Å². The maximum Gasteiger partial charge on any atom is 0.0701 e. The van der Waals surface area contributed by atoms with E-state index in [2.05, 4.69) is 6.92 Å². The molecule has 1 aliphatic rings. The molecule has 4 heteroatoms. The highest BCUT2D eigenvalue weighted by molar-refractivity contribution is 6.21. The Balaban J connectivity index is 1.85. The highest BCUT2D eigenvalue weighted by Crippen LogP contribution is 2.53. The molecular formula is C12H23ClO3. The second-order valence-corrected chi connectivity index (χ2v) is 5.10. The van der Waals surface area contributed by atoms with Crippen molar-refractivity contribution in [2.45, 2.75) is 31.6 Å². The summed E-state index contributed by atoms with van der Waals surface area (Å²) in [4.78, 5) is 0. The molecule has 1 rings (SSSR count). The number of rotatable bonds is 10. The quantitative estimate of drug-likeness (QED) is 0.440. The third kappa shape index (κ3) is 5.00. The van der Waals surface area contributed by atoms with E-state index in [1.54, 1.807) is 7.11 Å². The maximum absolute atomic E-state index is 6.14. The zero-order valence-electron chi connectivity index (χ0n) is 10.3. The van der Waals surface area contributed by atoms with Crippen molar-refractivity contribution in [3.63, 3.8) is 0 Å². The molecule has 0 aliphatic heterocycles. The second kappa shape index (κ2) is 7.49. The van der Waals surface area contributed by atoms with E-state index in [1.807, 2.05) is 0 Å². The number of hydrogen-bond acceptors (Lipinski definition) is 3. The molecule has 1 aliphatic carbocycles. The van der Waals surface area contributed by atoms with Crippen molar-refractivity contribution in [2.24, 2.45) is 5.41 Å². The van der Waals surface area contributed by atoms with E-state index in [1.165, 1.54) is 12.8 Å². The summed E-state index contributed by atoms with van der Waals surface area (Å²) in [5, 5.41) is 0.272. The summed E-state index contributed by atoms with van der Waals surface area (Å²) in [6, 6.07) is 0. The summed E-state index contributed by atoms with van der Waals surface area (Å²) in [6.07, 6.45) is 3.59. The van der Waals surface area contributed by atoms with Gasteiger partial charge in [-0.05, 0) is 31.6 Å². The normalized spacial score (nSPS) is 19.7.